The van der Waals surface area contributed by atoms with Crippen LogP contribution in [-0.2, 0) is 21.5 Å². The number of benzene rings is 2. The summed E-state index contributed by atoms with van der Waals surface area (Å²) in [5.41, 5.74) is 1.27. The van der Waals surface area contributed by atoms with Gasteiger partial charge in [0.1, 0.15) is 6.33 Å². The molecule has 1 aliphatic heterocycles. The number of carbonyl (C=O) groups excluding carboxylic acids is 1. The summed E-state index contributed by atoms with van der Waals surface area (Å²) in [6.45, 7) is 1.61. The van der Waals surface area contributed by atoms with Crippen molar-refractivity contribution < 1.29 is 9.53 Å². The van der Waals surface area contributed by atoms with Crippen molar-refractivity contribution in [1.29, 1.82) is 0 Å². The van der Waals surface area contributed by atoms with Crippen molar-refractivity contribution in [1.82, 2.24) is 14.8 Å². The Kier molecular flexibility index (Phi) is 5.99. The van der Waals surface area contributed by atoms with Crippen LogP contribution in [0.2, 0.25) is 5.02 Å². The summed E-state index contributed by atoms with van der Waals surface area (Å²) in [6, 6.07) is 15.5. The van der Waals surface area contributed by atoms with E-state index in [4.69, 9.17) is 16.3 Å². The summed E-state index contributed by atoms with van der Waals surface area (Å²) in [6.07, 6.45) is 2.78. The van der Waals surface area contributed by atoms with E-state index in [1.165, 1.54) is 0 Å². The second-order valence-electron chi connectivity index (χ2n) is 7.05. The summed E-state index contributed by atoms with van der Waals surface area (Å²) in [4.78, 5) is 17.6. The average Bonchev–Trinajstić information content (AvgIpc) is 3.17. The second-order valence-corrected chi connectivity index (χ2v) is 8.40. The number of hydrogen-bond donors (Lipinski definition) is 1. The molecule has 3 aromatic rings. The summed E-state index contributed by atoms with van der Waals surface area (Å²) >= 11 is 9.62. The predicted octanol–water partition coefficient (Wildman–Crippen LogP) is 4.43. The van der Waals surface area contributed by atoms with Gasteiger partial charge in [-0.05, 0) is 48.2 Å². The number of aromatic nitrogens is 3. The molecule has 0 spiro atoms. The van der Waals surface area contributed by atoms with E-state index in [2.05, 4.69) is 31.3 Å². The van der Waals surface area contributed by atoms with Gasteiger partial charge in [-0.25, -0.2) is 9.67 Å². The fraction of sp³-hybridized carbons (Fsp3) is 0.286. The number of anilines is 1. The number of ether oxygens (including phenoxy) is 1. The van der Waals surface area contributed by atoms with Crippen LogP contribution < -0.4 is 5.32 Å². The van der Waals surface area contributed by atoms with E-state index in [1.54, 1.807) is 17.1 Å². The Hall–Kier alpha value is -2.22. The molecule has 1 fully saturated rings. The standard InChI is InChI=1S/C21H20BrClN4O2/c22-17-6-4-15(5-7-17)13-27-14-24-20(26-27)25-19(28)21(8-10-29-11-9-21)16-2-1-3-18(23)12-16/h1-7,12,14H,8-11,13H2,(H,25,26,28). The van der Waals surface area contributed by atoms with Gasteiger partial charge in [-0.15, -0.1) is 5.10 Å². The van der Waals surface area contributed by atoms with Crippen molar-refractivity contribution in [3.63, 3.8) is 0 Å². The van der Waals surface area contributed by atoms with Crippen LogP contribution in [0.25, 0.3) is 0 Å². The molecule has 2 aromatic carbocycles. The summed E-state index contributed by atoms with van der Waals surface area (Å²) in [5, 5.41) is 7.92. The highest BCUT2D eigenvalue weighted by Crippen LogP contribution is 2.37. The SMILES string of the molecule is O=C(Nc1ncn(Cc2ccc(Br)cc2)n1)C1(c2cccc(Cl)c2)CCOCC1. The summed E-state index contributed by atoms with van der Waals surface area (Å²) in [5.74, 6) is 0.157. The third kappa shape index (κ3) is 4.52. The van der Waals surface area contributed by atoms with Crippen molar-refractivity contribution >= 4 is 39.4 Å². The number of hydrogen-bond acceptors (Lipinski definition) is 4. The van der Waals surface area contributed by atoms with Crippen molar-refractivity contribution in [3.8, 4) is 0 Å². The minimum atomic E-state index is -0.708. The molecule has 0 unspecified atom stereocenters. The van der Waals surface area contributed by atoms with Gasteiger partial charge in [0.05, 0.1) is 12.0 Å². The fourth-order valence-electron chi connectivity index (χ4n) is 3.58. The molecular weight excluding hydrogens is 456 g/mol. The van der Waals surface area contributed by atoms with Crippen LogP contribution in [0.5, 0.6) is 0 Å². The summed E-state index contributed by atoms with van der Waals surface area (Å²) < 4.78 is 8.23. The highest BCUT2D eigenvalue weighted by atomic mass is 79.9. The molecule has 1 saturated heterocycles. The first kappa shape index (κ1) is 20.1. The monoisotopic (exact) mass is 474 g/mol. The largest absolute Gasteiger partial charge is 0.381 e. The van der Waals surface area contributed by atoms with E-state index in [1.807, 2.05) is 42.5 Å². The molecule has 0 aliphatic carbocycles. The van der Waals surface area contributed by atoms with Gasteiger partial charge in [-0.2, -0.15) is 0 Å². The Morgan fingerprint density at radius 1 is 1.21 bits per heavy atom. The Balaban J connectivity index is 1.52. The Labute approximate surface area is 182 Å². The first-order valence-electron chi connectivity index (χ1n) is 9.34. The second kappa shape index (κ2) is 8.65. The maximum Gasteiger partial charge on any atom is 0.248 e. The zero-order valence-electron chi connectivity index (χ0n) is 15.6. The van der Waals surface area contributed by atoms with Crippen molar-refractivity contribution in [2.45, 2.75) is 24.8 Å². The van der Waals surface area contributed by atoms with Gasteiger partial charge in [0, 0.05) is 22.7 Å². The lowest BCUT2D eigenvalue weighted by molar-refractivity contribution is -0.125. The summed E-state index contributed by atoms with van der Waals surface area (Å²) in [7, 11) is 0. The highest BCUT2D eigenvalue weighted by Gasteiger charge is 2.42. The van der Waals surface area contributed by atoms with Gasteiger partial charge in [-0.3, -0.25) is 10.1 Å². The van der Waals surface area contributed by atoms with Gasteiger partial charge in [0.15, 0.2) is 0 Å². The van der Waals surface area contributed by atoms with Gasteiger partial charge in [0.25, 0.3) is 0 Å². The van der Waals surface area contributed by atoms with Crippen LogP contribution in [0.15, 0.2) is 59.3 Å². The van der Waals surface area contributed by atoms with E-state index < -0.39 is 5.41 Å². The highest BCUT2D eigenvalue weighted by molar-refractivity contribution is 9.10. The number of carbonyl (C=O) groups is 1. The Morgan fingerprint density at radius 3 is 2.69 bits per heavy atom. The molecular formula is C21H20BrClN4O2. The number of amides is 1. The first-order chi connectivity index (χ1) is 14.0. The van der Waals surface area contributed by atoms with Crippen molar-refractivity contribution in [3.05, 3.63) is 75.5 Å². The molecule has 0 atom stereocenters. The number of nitrogens with zero attached hydrogens (tertiary/aromatic N) is 3. The van der Waals surface area contributed by atoms with Crippen LogP contribution >= 0.6 is 27.5 Å². The van der Waals surface area contributed by atoms with Gasteiger partial charge in [-0.1, -0.05) is 51.8 Å². The lowest BCUT2D eigenvalue weighted by atomic mass is 9.73. The molecule has 6 nitrogen and oxygen atoms in total. The molecule has 29 heavy (non-hydrogen) atoms. The number of nitrogens with one attached hydrogen (secondary N) is 1. The molecule has 8 heteroatoms. The van der Waals surface area contributed by atoms with Crippen LogP contribution in [0.1, 0.15) is 24.0 Å². The van der Waals surface area contributed by atoms with E-state index in [0.29, 0.717) is 43.6 Å². The molecule has 1 aromatic heterocycles. The van der Waals surface area contributed by atoms with Gasteiger partial charge in [0.2, 0.25) is 11.9 Å². The van der Waals surface area contributed by atoms with Gasteiger partial charge < -0.3 is 4.74 Å². The molecule has 1 N–H and O–H groups in total. The van der Waals surface area contributed by atoms with Crippen LogP contribution in [0, 0.1) is 0 Å². The number of rotatable bonds is 5. The van der Waals surface area contributed by atoms with E-state index in [-0.39, 0.29) is 5.91 Å². The zero-order valence-corrected chi connectivity index (χ0v) is 18.0. The normalized spacial score (nSPS) is 15.8. The molecule has 0 radical (unpaired) electrons. The molecule has 150 valence electrons. The third-order valence-corrected chi connectivity index (χ3v) is 5.94. The van der Waals surface area contributed by atoms with Crippen molar-refractivity contribution in [2.24, 2.45) is 0 Å². The van der Waals surface area contributed by atoms with E-state index in [9.17, 15) is 4.79 Å². The lowest BCUT2D eigenvalue weighted by Crippen LogP contribution is -2.45. The van der Waals surface area contributed by atoms with Gasteiger partial charge >= 0.3 is 0 Å². The fourth-order valence-corrected chi connectivity index (χ4v) is 4.03. The first-order valence-corrected chi connectivity index (χ1v) is 10.5. The quantitative estimate of drug-likeness (QED) is 0.593. The zero-order chi connectivity index (χ0) is 20.3. The molecule has 2 heterocycles. The Morgan fingerprint density at radius 2 is 1.97 bits per heavy atom. The number of halogens is 2. The van der Waals surface area contributed by atoms with Crippen LogP contribution in [0.4, 0.5) is 5.95 Å². The van der Waals surface area contributed by atoms with Crippen LogP contribution in [-0.4, -0.2) is 33.9 Å². The van der Waals surface area contributed by atoms with E-state index >= 15 is 0 Å². The minimum absolute atomic E-state index is 0.135. The average molecular weight is 476 g/mol. The molecule has 1 amide bonds. The molecule has 4 rings (SSSR count). The Bertz CT molecular complexity index is 1000. The smallest absolute Gasteiger partial charge is 0.248 e. The maximum atomic E-state index is 13.3. The molecule has 1 aliphatic rings. The predicted molar refractivity (Wildman–Crippen MR) is 115 cm³/mol. The third-order valence-electron chi connectivity index (χ3n) is 5.18. The molecule has 0 saturated carbocycles. The molecule has 0 bridgehead atoms. The minimum Gasteiger partial charge on any atom is -0.381 e. The van der Waals surface area contributed by atoms with E-state index in [0.717, 1.165) is 15.6 Å². The maximum absolute atomic E-state index is 13.3. The van der Waals surface area contributed by atoms with Crippen molar-refractivity contribution in [2.75, 3.05) is 18.5 Å². The topological polar surface area (TPSA) is 69.0 Å². The van der Waals surface area contributed by atoms with Crippen LogP contribution in [0.3, 0.4) is 0 Å². The lowest BCUT2D eigenvalue weighted by Gasteiger charge is -2.35.